The number of carbonyl (C=O) groups excluding carboxylic acids is 1. The number of carbonyl (C=O) groups is 3. The van der Waals surface area contributed by atoms with E-state index in [4.69, 9.17) is 0 Å². The first-order valence-electron chi connectivity index (χ1n) is 10.4. The number of piperazine rings is 1. The van der Waals surface area contributed by atoms with Crippen molar-refractivity contribution in [2.24, 2.45) is 7.05 Å². The third-order valence-electron chi connectivity index (χ3n) is 6.11. The lowest BCUT2D eigenvalue weighted by Crippen LogP contribution is -2.49. The number of aromatic nitrogens is 1. The van der Waals surface area contributed by atoms with Crippen molar-refractivity contribution in [3.05, 3.63) is 65.4 Å². The standard InChI is InChI=1S/C24H25N3O5/c1-15(28)16-3-6-18(7-4-16)26-9-11-27(12-10-26)22(24(31)32)20-14-25(2)21-8-5-17(23(29)30)13-19(20)21/h3-8,13-14,22H,9-12H2,1-2H3,(H,29,30)(H,31,32). The number of carboxylic acid groups (broad SMARTS) is 2. The number of aryl methyl sites for hydroxylation is 1. The van der Waals surface area contributed by atoms with Gasteiger partial charge in [-0.3, -0.25) is 14.5 Å². The second kappa shape index (κ2) is 8.47. The molecule has 3 aromatic rings. The smallest absolute Gasteiger partial charge is 0.335 e. The minimum atomic E-state index is -1.04. The van der Waals surface area contributed by atoms with E-state index in [2.05, 4.69) is 4.90 Å². The van der Waals surface area contributed by atoms with Gasteiger partial charge >= 0.3 is 11.9 Å². The van der Waals surface area contributed by atoms with Gasteiger partial charge in [-0.25, -0.2) is 4.79 Å². The lowest BCUT2D eigenvalue weighted by Gasteiger charge is -2.38. The molecule has 8 heteroatoms. The lowest BCUT2D eigenvalue weighted by atomic mass is 10.0. The molecular weight excluding hydrogens is 410 g/mol. The molecular formula is C24H25N3O5. The molecule has 0 bridgehead atoms. The van der Waals surface area contributed by atoms with E-state index in [9.17, 15) is 24.6 Å². The number of rotatable bonds is 6. The Morgan fingerprint density at radius 3 is 2.09 bits per heavy atom. The van der Waals surface area contributed by atoms with E-state index in [1.807, 2.05) is 28.6 Å². The topological polar surface area (TPSA) is 103 Å². The van der Waals surface area contributed by atoms with E-state index in [0.717, 1.165) is 11.2 Å². The van der Waals surface area contributed by atoms with Crippen LogP contribution in [0.1, 0.15) is 39.2 Å². The number of benzene rings is 2. The van der Waals surface area contributed by atoms with Gasteiger partial charge < -0.3 is 19.7 Å². The molecule has 8 nitrogen and oxygen atoms in total. The first-order valence-corrected chi connectivity index (χ1v) is 10.4. The van der Waals surface area contributed by atoms with Gasteiger partial charge in [0.05, 0.1) is 5.56 Å². The number of aliphatic carboxylic acids is 1. The number of nitrogens with zero attached hydrogens (tertiary/aromatic N) is 3. The summed E-state index contributed by atoms with van der Waals surface area (Å²) in [7, 11) is 1.83. The van der Waals surface area contributed by atoms with Gasteiger partial charge in [0, 0.05) is 67.1 Å². The van der Waals surface area contributed by atoms with Gasteiger partial charge in [0.15, 0.2) is 5.78 Å². The summed E-state index contributed by atoms with van der Waals surface area (Å²) in [6, 6.07) is 11.4. The fourth-order valence-corrected chi connectivity index (χ4v) is 4.40. The second-order valence-corrected chi connectivity index (χ2v) is 8.10. The van der Waals surface area contributed by atoms with Crippen LogP contribution in [-0.2, 0) is 11.8 Å². The Morgan fingerprint density at radius 2 is 1.53 bits per heavy atom. The molecule has 1 fully saturated rings. The summed E-state index contributed by atoms with van der Waals surface area (Å²) >= 11 is 0. The molecule has 166 valence electrons. The van der Waals surface area contributed by atoms with Crippen molar-refractivity contribution in [3.8, 4) is 0 Å². The minimum absolute atomic E-state index is 0.0202. The van der Waals surface area contributed by atoms with Crippen LogP contribution in [0.5, 0.6) is 0 Å². The van der Waals surface area contributed by atoms with Crippen molar-refractivity contribution >= 4 is 34.3 Å². The molecule has 1 aliphatic heterocycles. The van der Waals surface area contributed by atoms with Gasteiger partial charge in [-0.15, -0.1) is 0 Å². The first-order chi connectivity index (χ1) is 15.3. The molecule has 1 saturated heterocycles. The van der Waals surface area contributed by atoms with E-state index >= 15 is 0 Å². The highest BCUT2D eigenvalue weighted by atomic mass is 16.4. The number of carboxylic acids is 2. The van der Waals surface area contributed by atoms with Crippen LogP contribution in [0.4, 0.5) is 5.69 Å². The third kappa shape index (κ3) is 3.97. The number of hydrogen-bond acceptors (Lipinski definition) is 5. The molecule has 2 aromatic carbocycles. The minimum Gasteiger partial charge on any atom is -0.480 e. The number of fused-ring (bicyclic) bond motifs is 1. The second-order valence-electron chi connectivity index (χ2n) is 8.10. The molecule has 2 heterocycles. The Bertz CT molecular complexity index is 1190. The molecule has 0 amide bonds. The Kier molecular flexibility index (Phi) is 5.71. The van der Waals surface area contributed by atoms with Gasteiger partial charge in [-0.2, -0.15) is 0 Å². The average Bonchev–Trinajstić information content (AvgIpc) is 3.09. The maximum atomic E-state index is 12.3. The molecule has 1 atom stereocenters. The van der Waals surface area contributed by atoms with E-state index < -0.39 is 18.0 Å². The summed E-state index contributed by atoms with van der Waals surface area (Å²) in [6.45, 7) is 3.91. The molecule has 0 aliphatic carbocycles. The highest BCUT2D eigenvalue weighted by Gasteiger charge is 2.32. The van der Waals surface area contributed by atoms with Crippen molar-refractivity contribution < 1.29 is 24.6 Å². The summed E-state index contributed by atoms with van der Waals surface area (Å²) in [6.07, 6.45) is 1.78. The molecule has 32 heavy (non-hydrogen) atoms. The van der Waals surface area contributed by atoms with Crippen molar-refractivity contribution in [2.45, 2.75) is 13.0 Å². The predicted molar refractivity (Wildman–Crippen MR) is 120 cm³/mol. The summed E-state index contributed by atoms with van der Waals surface area (Å²) in [5, 5.41) is 20.1. The first kappa shape index (κ1) is 21.6. The molecule has 0 spiro atoms. The fourth-order valence-electron chi connectivity index (χ4n) is 4.40. The lowest BCUT2D eigenvalue weighted by molar-refractivity contribution is -0.143. The largest absolute Gasteiger partial charge is 0.480 e. The van der Waals surface area contributed by atoms with E-state index in [1.54, 1.807) is 30.5 Å². The normalized spacial score (nSPS) is 15.6. The van der Waals surface area contributed by atoms with Gasteiger partial charge in [-0.05, 0) is 49.4 Å². The SMILES string of the molecule is CC(=O)c1ccc(N2CCN(C(C(=O)O)c3cn(C)c4ccc(C(=O)O)cc34)CC2)cc1. The molecule has 1 aliphatic rings. The molecule has 1 aromatic heterocycles. The van der Waals surface area contributed by atoms with Crippen LogP contribution in [0, 0.1) is 0 Å². The van der Waals surface area contributed by atoms with Gasteiger partial charge in [0.25, 0.3) is 0 Å². The third-order valence-corrected chi connectivity index (χ3v) is 6.11. The number of hydrogen-bond donors (Lipinski definition) is 2. The predicted octanol–water partition coefficient (Wildman–Crippen LogP) is 3.03. The van der Waals surface area contributed by atoms with E-state index in [0.29, 0.717) is 42.7 Å². The van der Waals surface area contributed by atoms with Crippen LogP contribution in [0.25, 0.3) is 10.9 Å². The molecule has 0 saturated carbocycles. The number of ketones is 1. The summed E-state index contributed by atoms with van der Waals surface area (Å²) in [5.74, 6) is -1.98. The van der Waals surface area contributed by atoms with Crippen LogP contribution < -0.4 is 4.90 Å². The zero-order chi connectivity index (χ0) is 23.0. The highest BCUT2D eigenvalue weighted by Crippen LogP contribution is 2.32. The Labute approximate surface area is 185 Å². The summed E-state index contributed by atoms with van der Waals surface area (Å²) < 4.78 is 1.83. The highest BCUT2D eigenvalue weighted by molar-refractivity contribution is 5.97. The van der Waals surface area contributed by atoms with E-state index in [-0.39, 0.29) is 11.3 Å². The van der Waals surface area contributed by atoms with Crippen LogP contribution in [0.2, 0.25) is 0 Å². The van der Waals surface area contributed by atoms with Gasteiger partial charge in [0.2, 0.25) is 0 Å². The maximum absolute atomic E-state index is 12.3. The van der Waals surface area contributed by atoms with Crippen molar-refractivity contribution in [3.63, 3.8) is 0 Å². The van der Waals surface area contributed by atoms with Crippen LogP contribution >= 0.6 is 0 Å². The maximum Gasteiger partial charge on any atom is 0.335 e. The van der Waals surface area contributed by atoms with E-state index in [1.165, 1.54) is 13.0 Å². The molecule has 2 N–H and O–H groups in total. The Morgan fingerprint density at radius 1 is 0.906 bits per heavy atom. The number of anilines is 1. The quantitative estimate of drug-likeness (QED) is 0.574. The van der Waals surface area contributed by atoms with Gasteiger partial charge in [0.1, 0.15) is 6.04 Å². The van der Waals surface area contributed by atoms with Gasteiger partial charge in [-0.1, -0.05) is 0 Å². The Balaban J connectivity index is 1.58. The average molecular weight is 435 g/mol. The zero-order valence-corrected chi connectivity index (χ0v) is 18.0. The van der Waals surface area contributed by atoms with Crippen LogP contribution in [0.3, 0.4) is 0 Å². The molecule has 1 unspecified atom stereocenters. The van der Waals surface area contributed by atoms with Crippen LogP contribution in [-0.4, -0.2) is 63.6 Å². The zero-order valence-electron chi connectivity index (χ0n) is 18.0. The monoisotopic (exact) mass is 435 g/mol. The number of aromatic carboxylic acids is 1. The van der Waals surface area contributed by atoms with Crippen molar-refractivity contribution in [1.29, 1.82) is 0 Å². The molecule has 0 radical (unpaired) electrons. The summed E-state index contributed by atoms with van der Waals surface area (Å²) in [5.41, 5.74) is 3.18. The van der Waals surface area contributed by atoms with Crippen LogP contribution in [0.15, 0.2) is 48.7 Å². The number of Topliss-reactive ketones (excluding diaryl/α,β-unsaturated/α-hetero) is 1. The van der Waals surface area contributed by atoms with Crippen molar-refractivity contribution in [2.75, 3.05) is 31.1 Å². The molecule has 4 rings (SSSR count). The van der Waals surface area contributed by atoms with Crippen molar-refractivity contribution in [1.82, 2.24) is 9.47 Å². The fraction of sp³-hybridized carbons (Fsp3) is 0.292. The summed E-state index contributed by atoms with van der Waals surface area (Å²) in [4.78, 5) is 39.3. The Hall–Kier alpha value is -3.65.